The summed E-state index contributed by atoms with van der Waals surface area (Å²) >= 11 is 0. The van der Waals surface area contributed by atoms with Crippen molar-refractivity contribution >= 4 is 11.7 Å². The average Bonchev–Trinajstić information content (AvgIpc) is 2.93. The minimum Gasteiger partial charge on any atom is -0.378 e. The number of amides is 1. The molecule has 1 N–H and O–H groups in total. The number of ether oxygens (including phenoxy) is 1. The first-order valence-electron chi connectivity index (χ1n) is 7.78. The molecule has 0 unspecified atom stereocenters. The van der Waals surface area contributed by atoms with Crippen molar-refractivity contribution in [3.05, 3.63) is 36.1 Å². The highest BCUT2D eigenvalue weighted by Crippen LogP contribution is 2.33. The number of hydrogen-bond donors (Lipinski definition) is 1. The molecule has 2 aromatic rings. The number of nitrogens with one attached hydrogen (secondary N) is 1. The van der Waals surface area contributed by atoms with E-state index in [2.05, 4.69) is 10.5 Å². The van der Waals surface area contributed by atoms with Crippen LogP contribution in [-0.4, -0.2) is 23.8 Å². The first-order chi connectivity index (χ1) is 11.1. The normalized spacial score (nSPS) is 20.1. The van der Waals surface area contributed by atoms with Gasteiger partial charge in [-0.2, -0.15) is 0 Å². The molecule has 0 aliphatic heterocycles. The summed E-state index contributed by atoms with van der Waals surface area (Å²) in [7, 11) is 0. The highest BCUT2D eigenvalue weighted by molar-refractivity contribution is 5.90. The highest BCUT2D eigenvalue weighted by Gasteiger charge is 2.31. The van der Waals surface area contributed by atoms with Gasteiger partial charge in [0.1, 0.15) is 5.82 Å². The monoisotopic (exact) mass is 318 g/mol. The van der Waals surface area contributed by atoms with Crippen LogP contribution >= 0.6 is 0 Å². The number of halogens is 1. The Labute approximate surface area is 133 Å². The van der Waals surface area contributed by atoms with Crippen molar-refractivity contribution < 1.29 is 18.4 Å². The SMILES string of the molecule is CCOC1CC(CC(=O)Nc2cc(-c3cccc(F)c3)on2)C1. The molecule has 0 saturated heterocycles. The Kier molecular flexibility index (Phi) is 4.71. The lowest BCUT2D eigenvalue weighted by Crippen LogP contribution is -2.33. The van der Waals surface area contributed by atoms with Crippen molar-refractivity contribution in [2.24, 2.45) is 5.92 Å². The fourth-order valence-corrected chi connectivity index (χ4v) is 2.78. The van der Waals surface area contributed by atoms with E-state index in [1.54, 1.807) is 18.2 Å². The molecule has 23 heavy (non-hydrogen) atoms. The van der Waals surface area contributed by atoms with Crippen molar-refractivity contribution in [3.8, 4) is 11.3 Å². The molecule has 0 atom stereocenters. The Morgan fingerprint density at radius 3 is 3.00 bits per heavy atom. The predicted octanol–water partition coefficient (Wildman–Crippen LogP) is 3.62. The van der Waals surface area contributed by atoms with Gasteiger partial charge in [0.2, 0.25) is 5.91 Å². The van der Waals surface area contributed by atoms with E-state index in [1.165, 1.54) is 12.1 Å². The Morgan fingerprint density at radius 2 is 2.26 bits per heavy atom. The van der Waals surface area contributed by atoms with Gasteiger partial charge in [-0.05, 0) is 37.8 Å². The second kappa shape index (κ2) is 6.91. The summed E-state index contributed by atoms with van der Waals surface area (Å²) in [6.45, 7) is 2.69. The first-order valence-corrected chi connectivity index (χ1v) is 7.78. The fourth-order valence-electron chi connectivity index (χ4n) is 2.78. The molecule has 3 rings (SSSR count). The predicted molar refractivity (Wildman–Crippen MR) is 83.3 cm³/mol. The third-order valence-electron chi connectivity index (χ3n) is 3.96. The van der Waals surface area contributed by atoms with Crippen LogP contribution in [0.15, 0.2) is 34.9 Å². The van der Waals surface area contributed by atoms with Crippen molar-refractivity contribution in [2.45, 2.75) is 32.3 Å². The molecular weight excluding hydrogens is 299 g/mol. The van der Waals surface area contributed by atoms with Gasteiger partial charge in [0.25, 0.3) is 0 Å². The van der Waals surface area contributed by atoms with Gasteiger partial charge in [0.05, 0.1) is 6.10 Å². The van der Waals surface area contributed by atoms with Gasteiger partial charge in [-0.1, -0.05) is 17.3 Å². The van der Waals surface area contributed by atoms with Gasteiger partial charge >= 0.3 is 0 Å². The van der Waals surface area contributed by atoms with Crippen LogP contribution in [0.4, 0.5) is 10.2 Å². The van der Waals surface area contributed by atoms with Gasteiger partial charge in [0.15, 0.2) is 11.6 Å². The molecule has 1 heterocycles. The molecule has 1 amide bonds. The van der Waals surface area contributed by atoms with Crippen LogP contribution < -0.4 is 5.32 Å². The number of nitrogens with zero attached hydrogens (tertiary/aromatic N) is 1. The zero-order valence-electron chi connectivity index (χ0n) is 12.9. The van der Waals surface area contributed by atoms with Crippen molar-refractivity contribution in [3.63, 3.8) is 0 Å². The zero-order valence-corrected chi connectivity index (χ0v) is 12.9. The van der Waals surface area contributed by atoms with Gasteiger partial charge < -0.3 is 14.6 Å². The number of rotatable bonds is 6. The van der Waals surface area contributed by atoms with E-state index in [-0.39, 0.29) is 11.7 Å². The van der Waals surface area contributed by atoms with Crippen LogP contribution in [0.5, 0.6) is 0 Å². The number of anilines is 1. The van der Waals surface area contributed by atoms with E-state index in [0.29, 0.717) is 42.2 Å². The molecule has 122 valence electrons. The molecule has 6 heteroatoms. The molecule has 1 aromatic heterocycles. The molecule has 5 nitrogen and oxygen atoms in total. The topological polar surface area (TPSA) is 64.4 Å². The Morgan fingerprint density at radius 1 is 1.43 bits per heavy atom. The van der Waals surface area contributed by atoms with E-state index < -0.39 is 0 Å². The molecule has 0 bridgehead atoms. The van der Waals surface area contributed by atoms with Crippen LogP contribution in [0.3, 0.4) is 0 Å². The summed E-state index contributed by atoms with van der Waals surface area (Å²) in [4.78, 5) is 12.0. The minimum atomic E-state index is -0.349. The maximum atomic E-state index is 13.2. The third-order valence-corrected chi connectivity index (χ3v) is 3.96. The quantitative estimate of drug-likeness (QED) is 0.883. The highest BCUT2D eigenvalue weighted by atomic mass is 19.1. The molecule has 0 radical (unpaired) electrons. The summed E-state index contributed by atoms with van der Waals surface area (Å²) in [6.07, 6.45) is 2.60. The van der Waals surface area contributed by atoms with Crippen LogP contribution in [0.25, 0.3) is 11.3 Å². The Hall–Kier alpha value is -2.21. The smallest absolute Gasteiger partial charge is 0.225 e. The standard InChI is InChI=1S/C17H19FN2O3/c1-2-22-14-6-11(7-14)8-17(21)19-16-10-15(23-20-16)12-4-3-5-13(18)9-12/h3-5,9-11,14H,2,6-8H2,1H3,(H,19,20,21). The van der Waals surface area contributed by atoms with Crippen molar-refractivity contribution in [1.82, 2.24) is 5.16 Å². The maximum absolute atomic E-state index is 13.2. The van der Waals surface area contributed by atoms with E-state index in [0.717, 1.165) is 12.8 Å². The number of carbonyl (C=O) groups is 1. The zero-order chi connectivity index (χ0) is 16.2. The molecule has 0 spiro atoms. The Bertz CT molecular complexity index is 680. The maximum Gasteiger partial charge on any atom is 0.225 e. The molecule has 1 aromatic carbocycles. The van der Waals surface area contributed by atoms with Crippen LogP contribution in [0.2, 0.25) is 0 Å². The lowest BCUT2D eigenvalue weighted by atomic mass is 9.80. The number of benzene rings is 1. The summed E-state index contributed by atoms with van der Waals surface area (Å²) in [6, 6.07) is 7.62. The van der Waals surface area contributed by atoms with E-state index in [9.17, 15) is 9.18 Å². The van der Waals surface area contributed by atoms with Crippen molar-refractivity contribution in [2.75, 3.05) is 11.9 Å². The summed E-state index contributed by atoms with van der Waals surface area (Å²) < 4.78 is 23.8. The molecule has 1 saturated carbocycles. The number of hydrogen-bond acceptors (Lipinski definition) is 4. The average molecular weight is 318 g/mol. The largest absolute Gasteiger partial charge is 0.378 e. The second-order valence-corrected chi connectivity index (χ2v) is 5.75. The molecule has 1 fully saturated rings. The van der Waals surface area contributed by atoms with E-state index >= 15 is 0 Å². The fraction of sp³-hybridized carbons (Fsp3) is 0.412. The Balaban J connectivity index is 1.52. The third kappa shape index (κ3) is 3.96. The van der Waals surface area contributed by atoms with E-state index in [4.69, 9.17) is 9.26 Å². The van der Waals surface area contributed by atoms with Gasteiger partial charge in [-0.3, -0.25) is 4.79 Å². The minimum absolute atomic E-state index is 0.0935. The lowest BCUT2D eigenvalue weighted by Gasteiger charge is -2.34. The van der Waals surface area contributed by atoms with Crippen LogP contribution in [0, 0.1) is 11.7 Å². The number of aromatic nitrogens is 1. The lowest BCUT2D eigenvalue weighted by molar-refractivity contribution is -0.119. The molecular formula is C17H19FN2O3. The van der Waals surface area contributed by atoms with Gasteiger partial charge in [0, 0.05) is 24.7 Å². The van der Waals surface area contributed by atoms with Crippen LogP contribution in [-0.2, 0) is 9.53 Å². The molecule has 1 aliphatic rings. The number of carbonyl (C=O) groups excluding carboxylic acids is 1. The first kappa shape index (κ1) is 15.7. The summed E-state index contributed by atoms with van der Waals surface area (Å²) in [5.41, 5.74) is 0.580. The molecule has 1 aliphatic carbocycles. The van der Waals surface area contributed by atoms with E-state index in [1.807, 2.05) is 6.92 Å². The second-order valence-electron chi connectivity index (χ2n) is 5.75. The summed E-state index contributed by atoms with van der Waals surface area (Å²) in [5, 5.41) is 6.52. The van der Waals surface area contributed by atoms with Crippen LogP contribution in [0.1, 0.15) is 26.2 Å². The summed E-state index contributed by atoms with van der Waals surface area (Å²) in [5.74, 6) is 0.679. The van der Waals surface area contributed by atoms with Gasteiger partial charge in [-0.15, -0.1) is 0 Å². The van der Waals surface area contributed by atoms with Gasteiger partial charge in [-0.25, -0.2) is 4.39 Å². The van der Waals surface area contributed by atoms with Crippen molar-refractivity contribution in [1.29, 1.82) is 0 Å².